The van der Waals surface area contributed by atoms with Crippen LogP contribution in [-0.4, -0.2) is 12.4 Å². The van der Waals surface area contributed by atoms with E-state index in [2.05, 4.69) is 0 Å². The molecule has 1 nitrogen and oxygen atoms in total. The molecule has 0 amide bonds. The minimum atomic E-state index is -5.40. The zero-order chi connectivity index (χ0) is 14.9. The highest BCUT2D eigenvalue weighted by molar-refractivity contribution is 5.32. The zero-order valence-electron chi connectivity index (χ0n) is 9.73. The lowest BCUT2D eigenvalue weighted by atomic mass is 9.82. The van der Waals surface area contributed by atoms with Gasteiger partial charge in [-0.2, -0.15) is 31.6 Å². The van der Waals surface area contributed by atoms with Gasteiger partial charge >= 0.3 is 12.4 Å². The smallest absolute Gasteiger partial charge is 0.192 e. The van der Waals surface area contributed by atoms with E-state index in [-0.39, 0.29) is 18.1 Å². The standard InChI is InChI=1S/C12H9F6N/c1-10(11(13,14)15,12(16,17)18)6-8-2-4-9(7-19)5-3-8/h2-5H,6H2,1H3. The van der Waals surface area contributed by atoms with Crippen LogP contribution in [0.2, 0.25) is 0 Å². The molecule has 0 spiro atoms. The van der Waals surface area contributed by atoms with Crippen LogP contribution in [0, 0.1) is 16.7 Å². The first kappa shape index (κ1) is 15.3. The van der Waals surface area contributed by atoms with Crippen LogP contribution >= 0.6 is 0 Å². The maximum absolute atomic E-state index is 12.7. The normalized spacial score (nSPS) is 13.2. The van der Waals surface area contributed by atoms with E-state index in [0.29, 0.717) is 0 Å². The van der Waals surface area contributed by atoms with Crippen LogP contribution < -0.4 is 0 Å². The van der Waals surface area contributed by atoms with E-state index >= 15 is 0 Å². The van der Waals surface area contributed by atoms with Crippen LogP contribution in [0.15, 0.2) is 24.3 Å². The largest absolute Gasteiger partial charge is 0.403 e. The second-order valence-electron chi connectivity index (χ2n) is 4.31. The lowest BCUT2D eigenvalue weighted by molar-refractivity contribution is -0.334. The maximum Gasteiger partial charge on any atom is 0.403 e. The predicted molar refractivity (Wildman–Crippen MR) is 55.1 cm³/mol. The summed E-state index contributed by atoms with van der Waals surface area (Å²) >= 11 is 0. The van der Waals surface area contributed by atoms with Gasteiger partial charge in [0.1, 0.15) is 0 Å². The van der Waals surface area contributed by atoms with E-state index in [9.17, 15) is 26.3 Å². The van der Waals surface area contributed by atoms with Crippen LogP contribution in [-0.2, 0) is 6.42 Å². The fourth-order valence-electron chi connectivity index (χ4n) is 1.47. The topological polar surface area (TPSA) is 23.8 Å². The first-order chi connectivity index (χ1) is 8.51. The summed E-state index contributed by atoms with van der Waals surface area (Å²) in [6.45, 7) is 0.130. The van der Waals surface area contributed by atoms with Crippen molar-refractivity contribution >= 4 is 0 Å². The lowest BCUT2D eigenvalue weighted by Crippen LogP contribution is -2.49. The lowest BCUT2D eigenvalue weighted by Gasteiger charge is -2.34. The summed E-state index contributed by atoms with van der Waals surface area (Å²) in [4.78, 5) is 0. The predicted octanol–water partition coefficient (Wildman–Crippen LogP) is 4.23. The van der Waals surface area contributed by atoms with Gasteiger partial charge in [0.15, 0.2) is 5.41 Å². The van der Waals surface area contributed by atoms with E-state index in [0.717, 1.165) is 12.1 Å². The Bertz CT molecular complexity index is 463. The minimum Gasteiger partial charge on any atom is -0.192 e. The number of nitrogens with zero attached hydrogens (tertiary/aromatic N) is 1. The van der Waals surface area contributed by atoms with Gasteiger partial charge in [0, 0.05) is 0 Å². The van der Waals surface area contributed by atoms with E-state index < -0.39 is 24.2 Å². The Morgan fingerprint density at radius 2 is 1.37 bits per heavy atom. The molecule has 7 heteroatoms. The summed E-state index contributed by atoms with van der Waals surface area (Å²) in [5.41, 5.74) is -3.77. The van der Waals surface area contributed by atoms with Crippen LogP contribution in [0.1, 0.15) is 18.1 Å². The second-order valence-corrected chi connectivity index (χ2v) is 4.31. The van der Waals surface area contributed by atoms with Gasteiger partial charge in [-0.25, -0.2) is 0 Å². The molecule has 19 heavy (non-hydrogen) atoms. The van der Waals surface area contributed by atoms with Crippen molar-refractivity contribution in [2.24, 2.45) is 5.41 Å². The summed E-state index contributed by atoms with van der Waals surface area (Å²) in [5, 5.41) is 8.51. The molecule has 0 unspecified atom stereocenters. The van der Waals surface area contributed by atoms with Gasteiger partial charge in [0.05, 0.1) is 11.6 Å². The van der Waals surface area contributed by atoms with E-state index in [1.54, 1.807) is 6.07 Å². The quantitative estimate of drug-likeness (QED) is 0.744. The maximum atomic E-state index is 12.7. The van der Waals surface area contributed by atoms with Gasteiger partial charge in [0.25, 0.3) is 0 Å². The van der Waals surface area contributed by atoms with Gasteiger partial charge in [-0.15, -0.1) is 0 Å². The molecule has 0 aromatic heterocycles. The van der Waals surface area contributed by atoms with Crippen molar-refractivity contribution in [3.63, 3.8) is 0 Å². The van der Waals surface area contributed by atoms with Crippen molar-refractivity contribution in [2.75, 3.05) is 0 Å². The van der Waals surface area contributed by atoms with Crippen LogP contribution in [0.25, 0.3) is 0 Å². The first-order valence-corrected chi connectivity index (χ1v) is 5.14. The average molecular weight is 281 g/mol. The number of nitriles is 1. The molecule has 104 valence electrons. The Kier molecular flexibility index (Phi) is 3.84. The number of hydrogen-bond donors (Lipinski definition) is 0. The fourth-order valence-corrected chi connectivity index (χ4v) is 1.47. The molecule has 0 fully saturated rings. The Hall–Kier alpha value is -1.71. The Balaban J connectivity index is 3.13. The SMILES string of the molecule is CC(Cc1ccc(C#N)cc1)(C(F)(F)F)C(F)(F)F. The van der Waals surface area contributed by atoms with Crippen LogP contribution in [0.4, 0.5) is 26.3 Å². The number of hydrogen-bond acceptors (Lipinski definition) is 1. The zero-order valence-corrected chi connectivity index (χ0v) is 9.73. The van der Waals surface area contributed by atoms with Crippen molar-refractivity contribution in [1.82, 2.24) is 0 Å². The summed E-state index contributed by atoms with van der Waals surface area (Å²) in [6, 6.07) is 6.28. The molecule has 0 N–H and O–H groups in total. The Morgan fingerprint density at radius 1 is 0.947 bits per heavy atom. The summed E-state index contributed by atoms with van der Waals surface area (Å²) < 4.78 is 76.0. The third-order valence-electron chi connectivity index (χ3n) is 2.89. The molecule has 0 heterocycles. The Morgan fingerprint density at radius 3 is 1.68 bits per heavy atom. The highest BCUT2D eigenvalue weighted by Crippen LogP contribution is 2.51. The molecule has 0 saturated carbocycles. The summed E-state index contributed by atoms with van der Waals surface area (Å²) in [5.74, 6) is 0. The summed E-state index contributed by atoms with van der Waals surface area (Å²) in [6.07, 6.45) is -12.0. The molecular weight excluding hydrogens is 272 g/mol. The molecule has 0 aliphatic heterocycles. The second kappa shape index (κ2) is 4.76. The molecule has 0 bridgehead atoms. The molecular formula is C12H9F6N. The molecule has 0 radical (unpaired) electrons. The number of alkyl halides is 6. The molecule has 0 atom stereocenters. The third-order valence-corrected chi connectivity index (χ3v) is 2.89. The minimum absolute atomic E-state index is 0.129. The summed E-state index contributed by atoms with van der Waals surface area (Å²) in [7, 11) is 0. The fraction of sp³-hybridized carbons (Fsp3) is 0.417. The highest BCUT2D eigenvalue weighted by atomic mass is 19.4. The molecule has 0 aliphatic rings. The van der Waals surface area contributed by atoms with Gasteiger partial charge in [-0.1, -0.05) is 12.1 Å². The van der Waals surface area contributed by atoms with E-state index in [1.165, 1.54) is 12.1 Å². The highest BCUT2D eigenvalue weighted by Gasteiger charge is 2.67. The molecule has 0 aliphatic carbocycles. The Labute approximate surface area is 105 Å². The van der Waals surface area contributed by atoms with Crippen molar-refractivity contribution in [3.05, 3.63) is 35.4 Å². The third kappa shape index (κ3) is 3.00. The molecule has 1 aromatic rings. The van der Waals surface area contributed by atoms with Crippen LogP contribution in [0.3, 0.4) is 0 Å². The van der Waals surface area contributed by atoms with Gasteiger partial charge in [-0.3, -0.25) is 0 Å². The van der Waals surface area contributed by atoms with Crippen molar-refractivity contribution < 1.29 is 26.3 Å². The number of rotatable bonds is 2. The molecule has 1 rings (SSSR count). The molecule has 1 aromatic carbocycles. The monoisotopic (exact) mass is 281 g/mol. The van der Waals surface area contributed by atoms with Crippen molar-refractivity contribution in [1.29, 1.82) is 5.26 Å². The van der Waals surface area contributed by atoms with Crippen molar-refractivity contribution in [2.45, 2.75) is 25.7 Å². The van der Waals surface area contributed by atoms with Gasteiger partial charge in [-0.05, 0) is 31.0 Å². The molecule has 0 saturated heterocycles. The van der Waals surface area contributed by atoms with E-state index in [4.69, 9.17) is 5.26 Å². The number of halogens is 6. The average Bonchev–Trinajstić information content (AvgIpc) is 2.27. The van der Waals surface area contributed by atoms with E-state index in [1.807, 2.05) is 0 Å². The number of benzene rings is 1. The van der Waals surface area contributed by atoms with Gasteiger partial charge in [0.2, 0.25) is 0 Å². The van der Waals surface area contributed by atoms with Gasteiger partial charge < -0.3 is 0 Å². The first-order valence-electron chi connectivity index (χ1n) is 5.14. The van der Waals surface area contributed by atoms with Crippen molar-refractivity contribution in [3.8, 4) is 6.07 Å². The van der Waals surface area contributed by atoms with Crippen LogP contribution in [0.5, 0.6) is 0 Å².